The van der Waals surface area contributed by atoms with E-state index in [4.69, 9.17) is 5.73 Å². The Morgan fingerprint density at radius 2 is 1.86 bits per heavy atom. The Hall–Kier alpha value is -2.58. The van der Waals surface area contributed by atoms with Crippen LogP contribution in [0.2, 0.25) is 0 Å². The lowest BCUT2D eigenvalue weighted by Crippen LogP contribution is -2.37. The van der Waals surface area contributed by atoms with E-state index in [0.717, 1.165) is 42.9 Å². The predicted molar refractivity (Wildman–Crippen MR) is 86.3 cm³/mol. The zero-order valence-corrected chi connectivity index (χ0v) is 12.2. The lowest BCUT2D eigenvalue weighted by molar-refractivity contribution is 0.145. The highest BCUT2D eigenvalue weighted by Crippen LogP contribution is 2.22. The molecule has 1 aromatic carbocycles. The van der Waals surface area contributed by atoms with E-state index in [1.807, 2.05) is 30.3 Å². The highest BCUT2D eigenvalue weighted by molar-refractivity contribution is 5.58. The number of aromatic nitrogens is 2. The smallest absolute Gasteiger partial charge is 0.222 e. The summed E-state index contributed by atoms with van der Waals surface area (Å²) in [5, 5.41) is 9.64. The van der Waals surface area contributed by atoms with E-state index in [1.165, 1.54) is 0 Å². The third-order valence-corrected chi connectivity index (χ3v) is 3.67. The molecule has 0 spiro atoms. The Bertz CT molecular complexity index is 698. The van der Waals surface area contributed by atoms with Crippen LogP contribution in [0.15, 0.2) is 36.5 Å². The minimum Gasteiger partial charge on any atom is -0.393 e. The average Bonchev–Trinajstić information content (AvgIpc) is 2.55. The number of rotatable bonds is 1. The predicted octanol–water partition coefficient (Wildman–Crippen LogP) is 1.42. The largest absolute Gasteiger partial charge is 0.393 e. The van der Waals surface area contributed by atoms with Gasteiger partial charge in [-0.1, -0.05) is 30.0 Å². The maximum absolute atomic E-state index is 9.64. The summed E-state index contributed by atoms with van der Waals surface area (Å²) in [7, 11) is 0. The number of nitrogen functional groups attached to an aromatic ring is 1. The van der Waals surface area contributed by atoms with Crippen molar-refractivity contribution in [1.82, 2.24) is 9.97 Å². The van der Waals surface area contributed by atoms with E-state index in [1.54, 1.807) is 6.20 Å². The van der Waals surface area contributed by atoms with Crippen LogP contribution in [0.1, 0.15) is 24.0 Å². The lowest BCUT2D eigenvalue weighted by atomic mass is 10.1. The quantitative estimate of drug-likeness (QED) is 0.778. The summed E-state index contributed by atoms with van der Waals surface area (Å²) >= 11 is 0. The topological polar surface area (TPSA) is 75.3 Å². The Morgan fingerprint density at radius 1 is 1.14 bits per heavy atom. The lowest BCUT2D eigenvalue weighted by Gasteiger charge is -2.31. The Balaban J connectivity index is 1.90. The van der Waals surface area contributed by atoms with Crippen LogP contribution in [-0.4, -0.2) is 34.3 Å². The molecule has 3 rings (SSSR count). The molecule has 5 heteroatoms. The van der Waals surface area contributed by atoms with E-state index in [0.29, 0.717) is 0 Å². The fourth-order valence-electron chi connectivity index (χ4n) is 2.45. The Labute approximate surface area is 129 Å². The minimum atomic E-state index is -0.228. The van der Waals surface area contributed by atoms with Crippen LogP contribution in [-0.2, 0) is 0 Å². The zero-order chi connectivity index (χ0) is 15.4. The van der Waals surface area contributed by atoms with Crippen molar-refractivity contribution in [2.45, 2.75) is 18.9 Å². The van der Waals surface area contributed by atoms with Gasteiger partial charge in [-0.25, -0.2) is 4.98 Å². The first-order valence-corrected chi connectivity index (χ1v) is 7.35. The fourth-order valence-corrected chi connectivity index (χ4v) is 2.45. The highest BCUT2D eigenvalue weighted by atomic mass is 16.3. The SMILES string of the molecule is Nc1ncc(C#Cc2ccccc2)c(N2CCC(O)CC2)n1. The van der Waals surface area contributed by atoms with Gasteiger partial charge in [0, 0.05) is 18.7 Å². The first-order valence-electron chi connectivity index (χ1n) is 7.35. The summed E-state index contributed by atoms with van der Waals surface area (Å²) in [4.78, 5) is 10.5. The molecule has 0 amide bonds. The van der Waals surface area contributed by atoms with Crippen LogP contribution in [0.4, 0.5) is 11.8 Å². The number of hydrogen-bond donors (Lipinski definition) is 2. The monoisotopic (exact) mass is 294 g/mol. The molecule has 3 N–H and O–H groups in total. The molecule has 1 saturated heterocycles. The molecule has 1 aliphatic heterocycles. The number of aliphatic hydroxyl groups excluding tert-OH is 1. The molecular weight excluding hydrogens is 276 g/mol. The number of nitrogens with zero attached hydrogens (tertiary/aromatic N) is 3. The van der Waals surface area contributed by atoms with Crippen molar-refractivity contribution in [3.63, 3.8) is 0 Å². The average molecular weight is 294 g/mol. The standard InChI is InChI=1S/C17H18N4O/c18-17-19-12-14(7-6-13-4-2-1-3-5-13)16(20-17)21-10-8-15(22)9-11-21/h1-5,12,15,22H,8-11H2,(H2,18,19,20). The number of nitrogens with two attached hydrogens (primary N) is 1. The fraction of sp³-hybridized carbons (Fsp3) is 0.294. The number of hydrogen-bond acceptors (Lipinski definition) is 5. The summed E-state index contributed by atoms with van der Waals surface area (Å²) in [5.41, 5.74) is 7.42. The summed E-state index contributed by atoms with van der Waals surface area (Å²) in [5.74, 6) is 7.25. The molecule has 2 heterocycles. The van der Waals surface area contributed by atoms with Crippen LogP contribution in [0.5, 0.6) is 0 Å². The molecule has 5 nitrogen and oxygen atoms in total. The second-order valence-corrected chi connectivity index (χ2v) is 5.30. The molecule has 0 atom stereocenters. The number of anilines is 2. The van der Waals surface area contributed by atoms with Crippen molar-refractivity contribution in [3.05, 3.63) is 47.7 Å². The molecular formula is C17H18N4O. The first kappa shape index (κ1) is 14.4. The van der Waals surface area contributed by atoms with Gasteiger partial charge in [0.15, 0.2) is 0 Å². The van der Waals surface area contributed by atoms with Crippen LogP contribution in [0.25, 0.3) is 0 Å². The third kappa shape index (κ3) is 3.35. The van der Waals surface area contributed by atoms with Crippen molar-refractivity contribution in [1.29, 1.82) is 0 Å². The summed E-state index contributed by atoms with van der Waals surface area (Å²) < 4.78 is 0. The van der Waals surface area contributed by atoms with Gasteiger partial charge in [-0.05, 0) is 25.0 Å². The molecule has 0 unspecified atom stereocenters. The maximum Gasteiger partial charge on any atom is 0.222 e. The van der Waals surface area contributed by atoms with Gasteiger partial charge in [0.1, 0.15) is 5.82 Å². The van der Waals surface area contributed by atoms with Crippen molar-refractivity contribution in [2.75, 3.05) is 23.7 Å². The highest BCUT2D eigenvalue weighted by Gasteiger charge is 2.20. The van der Waals surface area contributed by atoms with Gasteiger partial charge in [-0.3, -0.25) is 0 Å². The second kappa shape index (κ2) is 6.46. The summed E-state index contributed by atoms with van der Waals surface area (Å²) in [6.07, 6.45) is 2.90. The van der Waals surface area contributed by atoms with E-state index in [2.05, 4.69) is 26.7 Å². The van der Waals surface area contributed by atoms with Crippen molar-refractivity contribution in [2.24, 2.45) is 0 Å². The molecule has 1 fully saturated rings. The normalized spacial score (nSPS) is 15.2. The van der Waals surface area contributed by atoms with E-state index < -0.39 is 0 Å². The second-order valence-electron chi connectivity index (χ2n) is 5.30. The van der Waals surface area contributed by atoms with Gasteiger partial charge < -0.3 is 15.7 Å². The first-order chi connectivity index (χ1) is 10.7. The van der Waals surface area contributed by atoms with Crippen molar-refractivity contribution in [3.8, 4) is 11.8 Å². The number of benzene rings is 1. The van der Waals surface area contributed by atoms with E-state index in [-0.39, 0.29) is 12.1 Å². The van der Waals surface area contributed by atoms with Gasteiger partial charge in [0.25, 0.3) is 0 Å². The zero-order valence-electron chi connectivity index (χ0n) is 12.2. The van der Waals surface area contributed by atoms with Gasteiger partial charge in [0.2, 0.25) is 5.95 Å². The molecule has 112 valence electrons. The maximum atomic E-state index is 9.64. The molecule has 1 aromatic heterocycles. The molecule has 2 aromatic rings. The number of piperidine rings is 1. The Morgan fingerprint density at radius 3 is 2.59 bits per heavy atom. The van der Waals surface area contributed by atoms with Crippen LogP contribution < -0.4 is 10.6 Å². The van der Waals surface area contributed by atoms with Gasteiger partial charge in [-0.15, -0.1) is 0 Å². The molecule has 1 aliphatic rings. The van der Waals surface area contributed by atoms with E-state index >= 15 is 0 Å². The molecule has 0 saturated carbocycles. The van der Waals surface area contributed by atoms with Gasteiger partial charge in [-0.2, -0.15) is 4.98 Å². The molecule has 22 heavy (non-hydrogen) atoms. The van der Waals surface area contributed by atoms with Crippen LogP contribution in [0.3, 0.4) is 0 Å². The minimum absolute atomic E-state index is 0.228. The van der Waals surface area contributed by atoms with E-state index in [9.17, 15) is 5.11 Å². The van der Waals surface area contributed by atoms with Gasteiger partial charge in [0.05, 0.1) is 17.9 Å². The Kier molecular flexibility index (Phi) is 4.22. The van der Waals surface area contributed by atoms with Crippen molar-refractivity contribution >= 4 is 11.8 Å². The molecule has 0 bridgehead atoms. The summed E-state index contributed by atoms with van der Waals surface area (Å²) in [6, 6.07) is 9.79. The number of aliphatic hydroxyl groups is 1. The summed E-state index contributed by atoms with van der Waals surface area (Å²) in [6.45, 7) is 1.50. The van der Waals surface area contributed by atoms with Crippen molar-refractivity contribution < 1.29 is 5.11 Å². The molecule has 0 radical (unpaired) electrons. The van der Waals surface area contributed by atoms with Gasteiger partial charge >= 0.3 is 0 Å². The van der Waals surface area contributed by atoms with Crippen LogP contribution >= 0.6 is 0 Å². The van der Waals surface area contributed by atoms with Crippen LogP contribution in [0, 0.1) is 11.8 Å². The molecule has 0 aliphatic carbocycles. The third-order valence-electron chi connectivity index (χ3n) is 3.67.